The predicted octanol–water partition coefficient (Wildman–Crippen LogP) is -2.53. The Hall–Kier alpha value is 3.82. The fourth-order valence-corrected chi connectivity index (χ4v) is 13.8. The van der Waals surface area contributed by atoms with Crippen LogP contribution in [-0.4, -0.2) is 74.4 Å². The normalized spacial score (nSPS) is 11.9. The van der Waals surface area contributed by atoms with Gasteiger partial charge in [0.2, 0.25) is 29.8 Å². The first kappa shape index (κ1) is 106. The summed E-state index contributed by atoms with van der Waals surface area (Å²) in [6.45, 7) is 56.2. The minimum Gasteiger partial charge on any atom is -1.00 e. The van der Waals surface area contributed by atoms with E-state index in [9.17, 15) is 18.3 Å². The molecule has 0 fully saturated rings. The summed E-state index contributed by atoms with van der Waals surface area (Å²) in [5.41, 5.74) is 0. The summed E-state index contributed by atoms with van der Waals surface area (Å²) in [7, 11) is -10.1. The second kappa shape index (κ2) is 45.1. The molecule has 18 nitrogen and oxygen atoms in total. The molecule has 66 heavy (non-hydrogen) atoms. The van der Waals surface area contributed by atoms with Crippen molar-refractivity contribution in [3.05, 3.63) is 0 Å². The Morgan fingerprint density at radius 2 is 0.318 bits per heavy atom. The van der Waals surface area contributed by atoms with Crippen LogP contribution >= 0.6 is 29.8 Å². The monoisotopic (exact) mass is 1540 g/mol. The van der Waals surface area contributed by atoms with E-state index in [0.717, 1.165) is 0 Å². The molecule has 0 aliphatic carbocycles. The van der Waals surface area contributed by atoms with Crippen LogP contribution in [0.15, 0.2) is 0 Å². The molecule has 26 heteroatoms. The van der Waals surface area contributed by atoms with Crippen LogP contribution in [0.2, 0.25) is 0 Å². The predicted molar refractivity (Wildman–Crippen MR) is 284 cm³/mol. The van der Waals surface area contributed by atoms with Crippen molar-refractivity contribution < 1.29 is 161 Å². The van der Waals surface area contributed by atoms with Crippen LogP contribution in [0, 0.1) is 38.2 Å². The van der Waals surface area contributed by atoms with Gasteiger partial charge < -0.3 is 105 Å². The Kier molecular flexibility index (Phi) is 72.5. The molecule has 0 heterocycles. The van der Waals surface area contributed by atoms with Gasteiger partial charge in [-0.2, -0.15) is 0 Å². The number of halogens is 3. The average Bonchev–Trinajstić information content (AvgIpc) is 2.83. The van der Waals surface area contributed by atoms with Gasteiger partial charge in [-0.05, 0) is 111 Å². The number of nitrogens with one attached hydrogen (secondary N) is 8. The van der Waals surface area contributed by atoms with E-state index in [1.165, 1.54) is 0 Å². The smallest absolute Gasteiger partial charge is 1.00 e. The van der Waals surface area contributed by atoms with Gasteiger partial charge in [-0.15, -0.1) is 0 Å². The van der Waals surface area contributed by atoms with Crippen LogP contribution in [0.1, 0.15) is 194 Å². The summed E-state index contributed by atoms with van der Waals surface area (Å²) < 4.78 is 50.5. The topological polar surface area (TPSA) is 361 Å². The van der Waals surface area contributed by atoms with Crippen molar-refractivity contribution in [3.63, 3.8) is 0 Å². The average molecular weight is 1540 g/mol. The van der Waals surface area contributed by atoms with E-state index in [1.807, 2.05) is 194 Å². The van der Waals surface area contributed by atoms with Crippen molar-refractivity contribution >= 4 is 29.8 Å². The van der Waals surface area contributed by atoms with E-state index in [4.69, 9.17) is 0 Å². The standard InChI is InChI=1S/4C10H25N2OP.Dy.3HI.6H2O/c4*1-8(2)11-14(13,10(5,6)7)12-9(3)4;;;;;;;;;;/h4*8-9H,1-7H3,(H2,11,12,13);;3*1H;6*1H2/q;;;;+3;;;;;;;;;/p+2. The summed E-state index contributed by atoms with van der Waals surface area (Å²) in [5, 5.41) is 24.4. The van der Waals surface area contributed by atoms with Crippen LogP contribution in [-0.2, 0) is 45.6 Å². The van der Waals surface area contributed by atoms with E-state index >= 15 is 0 Å². The van der Waals surface area contributed by atoms with Gasteiger partial charge in [0.1, 0.15) is 0 Å². The SMILES string of the molecule is CC(C)NP(=O)(NC(C)C)C(C)(C)C.CC(C)NP(=O)(NC(C)C)C(C)(C)C.CC(C)NP(=O)(NC(C)C)C(C)(C)C.CC(C)NP(=O)(NC(C)C)C(C)(C)C.O.[Dy+3].[I-].[I-].[I-].[OH3+].[OH3+].[OH3+].[OH3+].[OH3+]. The molecule has 0 amide bonds. The maximum Gasteiger partial charge on any atom is 3.00 e. The summed E-state index contributed by atoms with van der Waals surface area (Å²) in [5.74, 6) is 0. The second-order valence-electron chi connectivity index (χ2n) is 21.4. The molecule has 423 valence electrons. The van der Waals surface area contributed by atoms with Crippen molar-refractivity contribution in [2.75, 3.05) is 0 Å². The largest absolute Gasteiger partial charge is 3.00 e. The van der Waals surface area contributed by atoms with E-state index in [-0.39, 0.29) is 212 Å². The van der Waals surface area contributed by atoms with Gasteiger partial charge in [0, 0.05) is 69.0 Å². The molecule has 0 rings (SSSR count). The van der Waals surface area contributed by atoms with Gasteiger partial charge in [-0.25, -0.2) is 0 Å². The molecule has 0 saturated heterocycles. The zero-order valence-electron chi connectivity index (χ0n) is 46.9. The molecule has 0 spiro atoms. The fourth-order valence-electron chi connectivity index (χ4n) is 4.61. The van der Waals surface area contributed by atoms with Crippen LogP contribution in [0.25, 0.3) is 0 Å². The van der Waals surface area contributed by atoms with Gasteiger partial charge >= 0.3 is 38.2 Å². The minimum atomic E-state index is -2.52. The number of hydrogen-bond donors (Lipinski definition) is 8. The third-order valence-corrected chi connectivity index (χ3v) is 21.9. The summed E-state index contributed by atoms with van der Waals surface area (Å²) in [6.07, 6.45) is 0. The maximum absolute atomic E-state index is 12.6. The van der Waals surface area contributed by atoms with Crippen molar-refractivity contribution in [2.24, 2.45) is 0 Å². The van der Waals surface area contributed by atoms with E-state index in [0.29, 0.717) is 0 Å². The Balaban J connectivity index is -0.0000000433. The van der Waals surface area contributed by atoms with Crippen LogP contribution < -0.4 is 113 Å². The maximum atomic E-state index is 12.6. The summed E-state index contributed by atoms with van der Waals surface area (Å²) in [6, 6.07) is 1.82. The Labute approximate surface area is 489 Å². The van der Waals surface area contributed by atoms with E-state index in [2.05, 4.69) is 40.7 Å². The third kappa shape index (κ3) is 47.5. The number of rotatable bonds is 16. The zero-order chi connectivity index (χ0) is 46.3. The number of hydrogen-bond acceptors (Lipinski definition) is 4. The first-order valence-corrected chi connectivity index (χ1v) is 27.8. The molecule has 0 aromatic rings. The quantitative estimate of drug-likeness (QED) is 0.0451. The van der Waals surface area contributed by atoms with E-state index < -0.39 is 29.8 Å². The van der Waals surface area contributed by atoms with E-state index in [1.54, 1.807) is 0 Å². The Bertz CT molecular complexity index is 1050. The molecule has 0 saturated carbocycles. The fraction of sp³-hybridized carbons (Fsp3) is 1.00. The van der Waals surface area contributed by atoms with Crippen LogP contribution in [0.3, 0.4) is 0 Å². The molecule has 0 aromatic heterocycles. The molecular weight excluding hydrogens is 1420 g/mol. The van der Waals surface area contributed by atoms with Crippen molar-refractivity contribution in [1.82, 2.24) is 40.7 Å². The molecule has 0 atom stereocenters. The first-order valence-electron chi connectivity index (χ1n) is 21.0. The van der Waals surface area contributed by atoms with Crippen molar-refractivity contribution in [1.29, 1.82) is 0 Å². The minimum absolute atomic E-state index is 0. The van der Waals surface area contributed by atoms with Gasteiger partial charge in [-0.1, -0.05) is 83.1 Å². The molecule has 0 aromatic carbocycles. The molecule has 1 radical (unpaired) electrons. The summed E-state index contributed by atoms with van der Waals surface area (Å²) in [4.78, 5) is 0. The van der Waals surface area contributed by atoms with Crippen molar-refractivity contribution in [2.45, 2.75) is 263 Å². The third-order valence-electron chi connectivity index (χ3n) is 7.30. The molecule has 0 bridgehead atoms. The van der Waals surface area contributed by atoms with Gasteiger partial charge in [0.25, 0.3) is 0 Å². The first-order chi connectivity index (χ1) is 24.3. The summed E-state index contributed by atoms with van der Waals surface area (Å²) >= 11 is 0. The Morgan fingerprint density at radius 3 is 0.348 bits per heavy atom. The van der Waals surface area contributed by atoms with Crippen molar-refractivity contribution in [3.8, 4) is 0 Å². The molecule has 25 N–H and O–H groups in total. The zero-order valence-corrected chi connectivity index (χ0v) is 59.0. The van der Waals surface area contributed by atoms with Gasteiger partial charge in [0.15, 0.2) is 0 Å². The van der Waals surface area contributed by atoms with Crippen LogP contribution in [0.5, 0.6) is 0 Å². The Morgan fingerprint density at radius 1 is 0.258 bits per heavy atom. The molecule has 0 aliphatic heterocycles. The second-order valence-corrected chi connectivity index (χ2v) is 33.7. The molecular formula is C40H117DyI3N8O10P4+5. The van der Waals surface area contributed by atoms with Gasteiger partial charge in [0.05, 0.1) is 0 Å². The van der Waals surface area contributed by atoms with Crippen LogP contribution in [0.4, 0.5) is 0 Å². The molecule has 0 unspecified atom stereocenters. The van der Waals surface area contributed by atoms with Gasteiger partial charge in [-0.3, -0.25) is 59.0 Å². The molecule has 0 aliphatic rings.